The molecule has 1 saturated heterocycles. The van der Waals surface area contributed by atoms with E-state index in [4.69, 9.17) is 11.6 Å². The van der Waals surface area contributed by atoms with Crippen molar-refractivity contribution in [1.29, 1.82) is 0 Å². The van der Waals surface area contributed by atoms with E-state index in [1.165, 1.54) is 16.8 Å². The molecule has 0 bridgehead atoms. The molecule has 1 amide bonds. The number of rotatable bonds is 10. The van der Waals surface area contributed by atoms with Crippen LogP contribution in [-0.4, -0.2) is 48.4 Å². The number of alkyl halides is 1. The van der Waals surface area contributed by atoms with Crippen molar-refractivity contribution in [3.8, 4) is 11.1 Å². The lowest BCUT2D eigenvalue weighted by molar-refractivity contribution is -0.138. The van der Waals surface area contributed by atoms with E-state index in [1.54, 1.807) is 6.92 Å². The van der Waals surface area contributed by atoms with Gasteiger partial charge >= 0.3 is 0 Å². The number of hydrogen-bond donors (Lipinski definition) is 2. The van der Waals surface area contributed by atoms with Gasteiger partial charge in [-0.25, -0.2) is 0 Å². The number of nitrogens with one attached hydrogen (secondary N) is 1. The van der Waals surface area contributed by atoms with E-state index < -0.39 is 12.0 Å². The van der Waals surface area contributed by atoms with E-state index in [0.717, 1.165) is 32.4 Å². The Hall–Kier alpha value is -2.37. The zero-order valence-corrected chi connectivity index (χ0v) is 20.1. The van der Waals surface area contributed by atoms with E-state index in [0.29, 0.717) is 25.3 Å². The summed E-state index contributed by atoms with van der Waals surface area (Å²) < 4.78 is 0. The highest BCUT2D eigenvalue weighted by Crippen LogP contribution is 2.28. The van der Waals surface area contributed by atoms with Gasteiger partial charge < -0.3 is 15.3 Å². The van der Waals surface area contributed by atoms with Crippen molar-refractivity contribution in [2.24, 2.45) is 11.8 Å². The van der Waals surface area contributed by atoms with Gasteiger partial charge in [0.1, 0.15) is 6.10 Å². The molecule has 6 heteroatoms. The van der Waals surface area contributed by atoms with E-state index >= 15 is 0 Å². The van der Waals surface area contributed by atoms with Crippen LogP contribution in [0.3, 0.4) is 0 Å². The minimum Gasteiger partial charge on any atom is -0.385 e. The average Bonchev–Trinajstić information content (AvgIpc) is 3.09. The second-order valence-electron chi connectivity index (χ2n) is 8.93. The minimum atomic E-state index is -1.26. The monoisotopic (exact) mass is 470 g/mol. The first kappa shape index (κ1) is 25.3. The highest BCUT2D eigenvalue weighted by Gasteiger charge is 2.30. The van der Waals surface area contributed by atoms with Gasteiger partial charge in [0.15, 0.2) is 5.78 Å². The van der Waals surface area contributed by atoms with Gasteiger partial charge in [-0.05, 0) is 54.9 Å². The summed E-state index contributed by atoms with van der Waals surface area (Å²) in [6.07, 6.45) is 2.58. The van der Waals surface area contributed by atoms with Gasteiger partial charge in [-0.15, -0.1) is 11.6 Å². The highest BCUT2D eigenvalue weighted by molar-refractivity contribution is 6.17. The van der Waals surface area contributed by atoms with Crippen molar-refractivity contribution in [1.82, 2.24) is 5.32 Å². The number of Topliss-reactive ketones (excluding diaryl/α,β-unsaturated/α-hetero) is 1. The fourth-order valence-electron chi connectivity index (χ4n) is 4.39. The van der Waals surface area contributed by atoms with Gasteiger partial charge in [-0.1, -0.05) is 49.4 Å². The number of benzene rings is 2. The fraction of sp³-hybridized carbons (Fsp3) is 0.481. The molecule has 1 aliphatic heterocycles. The molecule has 3 rings (SSSR count). The van der Waals surface area contributed by atoms with Crippen LogP contribution in [0.2, 0.25) is 0 Å². The smallest absolute Gasteiger partial charge is 0.225 e. The third kappa shape index (κ3) is 7.31. The summed E-state index contributed by atoms with van der Waals surface area (Å²) in [6, 6.07) is 19.0. The number of hydrogen-bond acceptors (Lipinski definition) is 4. The number of ketones is 1. The first-order valence-corrected chi connectivity index (χ1v) is 12.5. The van der Waals surface area contributed by atoms with Crippen LogP contribution in [0.15, 0.2) is 54.6 Å². The topological polar surface area (TPSA) is 69.6 Å². The van der Waals surface area contributed by atoms with Crippen LogP contribution >= 0.6 is 11.6 Å². The summed E-state index contributed by atoms with van der Waals surface area (Å²) in [5.41, 5.74) is 3.61. The van der Waals surface area contributed by atoms with Crippen LogP contribution in [0.1, 0.15) is 39.0 Å². The number of halogens is 1. The maximum atomic E-state index is 12.7. The van der Waals surface area contributed by atoms with Crippen LogP contribution in [-0.2, 0) is 9.59 Å². The summed E-state index contributed by atoms with van der Waals surface area (Å²) >= 11 is 5.62. The lowest BCUT2D eigenvalue weighted by Crippen LogP contribution is -2.40. The molecule has 178 valence electrons. The zero-order chi connectivity index (χ0) is 23.6. The normalized spacial score (nSPS) is 18.3. The molecule has 0 aromatic heterocycles. The second-order valence-corrected chi connectivity index (χ2v) is 9.31. The van der Waals surface area contributed by atoms with Crippen molar-refractivity contribution < 1.29 is 14.7 Å². The number of anilines is 1. The summed E-state index contributed by atoms with van der Waals surface area (Å²) in [5.74, 6) is -0.593. The number of nitrogens with zero attached hydrogens (tertiary/aromatic N) is 1. The highest BCUT2D eigenvalue weighted by atomic mass is 35.5. The molecule has 1 fully saturated rings. The van der Waals surface area contributed by atoms with Crippen molar-refractivity contribution in [2.75, 3.05) is 30.4 Å². The molecule has 3 atom stereocenters. The molecule has 0 saturated carbocycles. The summed E-state index contributed by atoms with van der Waals surface area (Å²) in [4.78, 5) is 27.2. The summed E-state index contributed by atoms with van der Waals surface area (Å²) in [7, 11) is 0. The molecule has 0 radical (unpaired) electrons. The second kappa shape index (κ2) is 12.8. The summed E-state index contributed by atoms with van der Waals surface area (Å²) in [5, 5.41) is 13.1. The quantitative estimate of drug-likeness (QED) is 0.391. The van der Waals surface area contributed by atoms with Crippen LogP contribution in [0.5, 0.6) is 0 Å². The number of aliphatic hydroxyl groups excluding tert-OH is 1. The van der Waals surface area contributed by atoms with Crippen LogP contribution in [0.4, 0.5) is 5.69 Å². The Morgan fingerprint density at radius 1 is 1.06 bits per heavy atom. The molecule has 0 aliphatic carbocycles. The number of carbonyl (C=O) groups is 2. The van der Waals surface area contributed by atoms with Gasteiger partial charge in [0.05, 0.1) is 5.92 Å². The predicted octanol–water partition coefficient (Wildman–Crippen LogP) is 4.66. The van der Waals surface area contributed by atoms with E-state index in [-0.39, 0.29) is 17.6 Å². The first-order valence-electron chi connectivity index (χ1n) is 11.9. The Balaban J connectivity index is 1.50. The van der Waals surface area contributed by atoms with Gasteiger partial charge in [0.2, 0.25) is 5.91 Å². The molecule has 2 N–H and O–H groups in total. The van der Waals surface area contributed by atoms with Gasteiger partial charge in [0, 0.05) is 37.6 Å². The van der Waals surface area contributed by atoms with Gasteiger partial charge in [-0.2, -0.15) is 0 Å². The SMILES string of the molecule is C[C@@H](C(=O)NCCCCl)[C@@H](O)C(=O)CC1CCCN(c2ccc(-c3ccccc3)cc2)CC1. The largest absolute Gasteiger partial charge is 0.385 e. The van der Waals surface area contributed by atoms with Crippen LogP contribution in [0, 0.1) is 11.8 Å². The predicted molar refractivity (Wildman–Crippen MR) is 135 cm³/mol. The Bertz CT molecular complexity index is 888. The van der Waals surface area contributed by atoms with Crippen molar-refractivity contribution in [3.05, 3.63) is 54.6 Å². The molecular formula is C27H35ClN2O3. The van der Waals surface area contributed by atoms with E-state index in [2.05, 4.69) is 46.6 Å². The maximum absolute atomic E-state index is 12.7. The molecule has 1 aliphatic rings. The molecule has 0 spiro atoms. The molecule has 1 heterocycles. The molecule has 2 aromatic rings. The van der Waals surface area contributed by atoms with Gasteiger partial charge in [-0.3, -0.25) is 9.59 Å². The number of amides is 1. The minimum absolute atomic E-state index is 0.229. The maximum Gasteiger partial charge on any atom is 0.225 e. The van der Waals surface area contributed by atoms with Crippen LogP contribution < -0.4 is 10.2 Å². The fourth-order valence-corrected chi connectivity index (χ4v) is 4.52. The third-order valence-corrected chi connectivity index (χ3v) is 6.77. The molecular weight excluding hydrogens is 436 g/mol. The van der Waals surface area contributed by atoms with E-state index in [1.807, 2.05) is 18.2 Å². The third-order valence-electron chi connectivity index (χ3n) is 6.50. The van der Waals surface area contributed by atoms with E-state index in [9.17, 15) is 14.7 Å². The van der Waals surface area contributed by atoms with Gasteiger partial charge in [0.25, 0.3) is 0 Å². The van der Waals surface area contributed by atoms with Crippen LogP contribution in [0.25, 0.3) is 11.1 Å². The lowest BCUT2D eigenvalue weighted by atomic mass is 9.89. The first-order chi connectivity index (χ1) is 16.0. The molecule has 33 heavy (non-hydrogen) atoms. The van der Waals surface area contributed by atoms with Crippen molar-refractivity contribution in [2.45, 2.75) is 45.1 Å². The molecule has 5 nitrogen and oxygen atoms in total. The van der Waals surface area contributed by atoms with Crippen molar-refractivity contribution in [3.63, 3.8) is 0 Å². The molecule has 2 aromatic carbocycles. The molecule has 1 unspecified atom stereocenters. The zero-order valence-electron chi connectivity index (χ0n) is 19.4. The summed E-state index contributed by atoms with van der Waals surface area (Å²) in [6.45, 7) is 3.90. The lowest BCUT2D eigenvalue weighted by Gasteiger charge is -2.23. The Morgan fingerprint density at radius 3 is 2.45 bits per heavy atom. The Morgan fingerprint density at radius 2 is 1.76 bits per heavy atom. The average molecular weight is 471 g/mol. The standard InChI is InChI=1S/C27H35ClN2O3/c1-20(27(33)29-16-6-15-28)26(32)25(31)19-21-7-5-17-30(18-14-21)24-12-10-23(11-13-24)22-8-3-2-4-9-22/h2-4,8-13,20-21,26,32H,5-7,14-19H2,1H3,(H,29,33)/t20-,21?,26-/m1/s1. The Labute approximate surface area is 202 Å². The number of carbonyl (C=O) groups excluding carboxylic acids is 2. The van der Waals surface area contributed by atoms with Crippen molar-refractivity contribution >= 4 is 29.0 Å². The number of aliphatic hydroxyl groups is 1. The Kier molecular flexibility index (Phi) is 9.76.